The average Bonchev–Trinajstić information content (AvgIpc) is 3.36. The maximum atomic E-state index is 14.0. The van der Waals surface area contributed by atoms with Crippen molar-refractivity contribution in [3.05, 3.63) is 87.2 Å². The molecular weight excluding hydrogens is 536 g/mol. The number of carbonyl (C=O) groups is 2. The maximum Gasteiger partial charge on any atom is 0.417 e. The summed E-state index contributed by atoms with van der Waals surface area (Å²) in [5.74, 6) is -2.03. The van der Waals surface area contributed by atoms with E-state index in [1.807, 2.05) is 0 Å². The van der Waals surface area contributed by atoms with Crippen molar-refractivity contribution in [1.29, 1.82) is 0 Å². The molecule has 0 saturated carbocycles. The molecule has 0 fully saturated rings. The molecule has 0 aliphatic rings. The van der Waals surface area contributed by atoms with Crippen LogP contribution in [0.15, 0.2) is 55.1 Å². The predicted octanol–water partition coefficient (Wildman–Crippen LogP) is 5.55. The lowest BCUT2D eigenvalue weighted by Gasteiger charge is -2.12. The molecule has 4 aromatic rings. The van der Waals surface area contributed by atoms with Gasteiger partial charge in [0.2, 0.25) is 5.95 Å². The highest BCUT2D eigenvalue weighted by Gasteiger charge is 2.33. The third kappa shape index (κ3) is 6.06. The first-order valence-corrected chi connectivity index (χ1v) is 11.6. The van der Waals surface area contributed by atoms with E-state index in [9.17, 15) is 27.2 Å². The van der Waals surface area contributed by atoms with Crippen molar-refractivity contribution in [2.45, 2.75) is 19.1 Å². The molecule has 4 rings (SSSR count). The number of thiazole rings is 1. The van der Waals surface area contributed by atoms with E-state index >= 15 is 0 Å². The van der Waals surface area contributed by atoms with Gasteiger partial charge in [0.25, 0.3) is 11.8 Å². The number of anilines is 1. The topological polar surface area (TPSA) is 110 Å². The van der Waals surface area contributed by atoms with Crippen LogP contribution in [0.4, 0.5) is 23.2 Å². The van der Waals surface area contributed by atoms with E-state index in [1.165, 1.54) is 36.7 Å². The first kappa shape index (κ1) is 26.1. The third-order valence-corrected chi connectivity index (χ3v) is 6.44. The van der Waals surface area contributed by atoms with Crippen LogP contribution in [0.25, 0.3) is 11.3 Å². The molecule has 1 atom stereocenters. The Balaban J connectivity index is 1.44. The second-order valence-corrected chi connectivity index (χ2v) is 9.00. The minimum atomic E-state index is -4.68. The van der Waals surface area contributed by atoms with Crippen LogP contribution < -0.4 is 10.6 Å². The van der Waals surface area contributed by atoms with Crippen molar-refractivity contribution in [1.82, 2.24) is 25.3 Å². The van der Waals surface area contributed by atoms with E-state index in [2.05, 4.69) is 30.6 Å². The van der Waals surface area contributed by atoms with Crippen LogP contribution in [-0.4, -0.2) is 31.8 Å². The number of carbonyl (C=O) groups excluding carboxylic acids is 2. The quantitative estimate of drug-likeness (QED) is 0.241. The zero-order chi connectivity index (χ0) is 26.7. The smallest absolute Gasteiger partial charge is 0.342 e. The second kappa shape index (κ2) is 10.6. The number of nitrogens with one attached hydrogen (secondary N) is 2. The molecule has 190 valence electrons. The third-order valence-electron chi connectivity index (χ3n) is 4.93. The zero-order valence-corrected chi connectivity index (χ0v) is 20.2. The number of alkyl halides is 3. The van der Waals surface area contributed by atoms with Crippen LogP contribution in [0.3, 0.4) is 0 Å². The maximum absolute atomic E-state index is 14.0. The van der Waals surface area contributed by atoms with Gasteiger partial charge < -0.3 is 10.6 Å². The second-order valence-electron chi connectivity index (χ2n) is 7.53. The zero-order valence-electron chi connectivity index (χ0n) is 18.7. The molecule has 37 heavy (non-hydrogen) atoms. The molecule has 0 saturated heterocycles. The summed E-state index contributed by atoms with van der Waals surface area (Å²) in [7, 11) is 0. The largest absolute Gasteiger partial charge is 0.417 e. The first-order chi connectivity index (χ1) is 17.5. The standard InChI is InChI=1S/C23H15ClF4N6O2S/c1-11(33-20(35)17-8-16(31-10-32-17)13-3-2-6-29-19(13)25)22-30-9-18(37-22)21(36)34-12-4-5-15(24)14(7-12)23(26,27)28/h2-11H,1H3,(H,33,35)(H,34,36)/t11-/m1/s1. The van der Waals surface area contributed by atoms with E-state index in [0.29, 0.717) is 5.01 Å². The molecule has 0 bridgehead atoms. The summed E-state index contributed by atoms with van der Waals surface area (Å²) >= 11 is 6.55. The Kier molecular flexibility index (Phi) is 7.45. The van der Waals surface area contributed by atoms with Crippen LogP contribution in [0.5, 0.6) is 0 Å². The number of halogens is 5. The van der Waals surface area contributed by atoms with Gasteiger partial charge in [0.15, 0.2) is 0 Å². The molecule has 2 N–H and O–H groups in total. The molecule has 8 nitrogen and oxygen atoms in total. The van der Waals surface area contributed by atoms with Gasteiger partial charge in [0.1, 0.15) is 21.9 Å². The van der Waals surface area contributed by atoms with E-state index in [-0.39, 0.29) is 27.5 Å². The molecule has 3 aromatic heterocycles. The Labute approximate surface area is 215 Å². The Morgan fingerprint density at radius 1 is 1.05 bits per heavy atom. The minimum Gasteiger partial charge on any atom is -0.342 e. The minimum absolute atomic E-state index is 0.0298. The van der Waals surface area contributed by atoms with Crippen LogP contribution in [0.2, 0.25) is 5.02 Å². The summed E-state index contributed by atoms with van der Waals surface area (Å²) in [6, 6.07) is 6.67. The fourth-order valence-corrected chi connectivity index (χ4v) is 4.18. The highest BCUT2D eigenvalue weighted by atomic mass is 35.5. The van der Waals surface area contributed by atoms with Crippen LogP contribution >= 0.6 is 22.9 Å². The molecule has 3 heterocycles. The van der Waals surface area contributed by atoms with E-state index in [1.54, 1.807) is 6.92 Å². The van der Waals surface area contributed by atoms with Crippen molar-refractivity contribution in [3.63, 3.8) is 0 Å². The number of pyridine rings is 1. The van der Waals surface area contributed by atoms with Crippen molar-refractivity contribution in [3.8, 4) is 11.3 Å². The summed E-state index contributed by atoms with van der Waals surface area (Å²) in [6.45, 7) is 1.62. The number of hydrogen-bond acceptors (Lipinski definition) is 7. The lowest BCUT2D eigenvalue weighted by molar-refractivity contribution is -0.137. The van der Waals surface area contributed by atoms with Crippen molar-refractivity contribution in [2.24, 2.45) is 0 Å². The van der Waals surface area contributed by atoms with Gasteiger partial charge >= 0.3 is 6.18 Å². The van der Waals surface area contributed by atoms with Crippen molar-refractivity contribution in [2.75, 3.05) is 5.32 Å². The normalized spacial score (nSPS) is 12.2. The number of nitrogens with zero attached hydrogens (tertiary/aromatic N) is 4. The monoisotopic (exact) mass is 550 g/mol. The predicted molar refractivity (Wildman–Crippen MR) is 128 cm³/mol. The van der Waals surface area contributed by atoms with Gasteiger partial charge in [-0.05, 0) is 43.3 Å². The van der Waals surface area contributed by atoms with Crippen LogP contribution in [0, 0.1) is 5.95 Å². The molecule has 1 aromatic carbocycles. The number of amides is 2. The SMILES string of the molecule is C[C@@H](NC(=O)c1cc(-c2cccnc2F)ncn1)c1ncc(C(=O)Nc2ccc(Cl)c(C(F)(F)F)c2)s1. The number of aromatic nitrogens is 4. The molecule has 2 amide bonds. The molecule has 0 radical (unpaired) electrons. The molecule has 0 unspecified atom stereocenters. The van der Waals surface area contributed by atoms with Gasteiger partial charge in [-0.25, -0.2) is 19.9 Å². The highest BCUT2D eigenvalue weighted by Crippen LogP contribution is 2.36. The van der Waals surface area contributed by atoms with Gasteiger partial charge in [-0.2, -0.15) is 17.6 Å². The average molecular weight is 551 g/mol. The number of hydrogen-bond donors (Lipinski definition) is 2. The summed E-state index contributed by atoms with van der Waals surface area (Å²) in [6.07, 6.45) is -1.03. The molecule has 0 aliphatic heterocycles. The van der Waals surface area contributed by atoms with Gasteiger partial charge in [0.05, 0.1) is 34.1 Å². The number of rotatable bonds is 6. The molecule has 0 aliphatic carbocycles. The van der Waals surface area contributed by atoms with E-state index in [0.717, 1.165) is 29.8 Å². The van der Waals surface area contributed by atoms with E-state index < -0.39 is 40.6 Å². The Morgan fingerprint density at radius 2 is 1.84 bits per heavy atom. The van der Waals surface area contributed by atoms with Crippen LogP contribution in [-0.2, 0) is 6.18 Å². The molecule has 0 spiro atoms. The summed E-state index contributed by atoms with van der Waals surface area (Å²) in [5, 5.41) is 4.92. The Hall–Kier alpha value is -3.97. The molecule has 14 heteroatoms. The van der Waals surface area contributed by atoms with Crippen molar-refractivity contribution >= 4 is 40.4 Å². The lowest BCUT2D eigenvalue weighted by Crippen LogP contribution is -2.27. The van der Waals surface area contributed by atoms with E-state index in [4.69, 9.17) is 11.6 Å². The highest BCUT2D eigenvalue weighted by molar-refractivity contribution is 7.13. The number of benzene rings is 1. The van der Waals surface area contributed by atoms with Crippen molar-refractivity contribution < 1.29 is 27.2 Å². The van der Waals surface area contributed by atoms with Gasteiger partial charge in [-0.1, -0.05) is 11.6 Å². The van der Waals surface area contributed by atoms with Gasteiger partial charge in [-0.15, -0.1) is 11.3 Å². The summed E-state index contributed by atoms with van der Waals surface area (Å²) < 4.78 is 53.2. The summed E-state index contributed by atoms with van der Waals surface area (Å²) in [4.78, 5) is 40.9. The first-order valence-electron chi connectivity index (χ1n) is 10.4. The van der Waals surface area contributed by atoms with Gasteiger partial charge in [0, 0.05) is 11.9 Å². The molecular formula is C23H15ClF4N6O2S. The fourth-order valence-electron chi connectivity index (χ4n) is 3.14. The lowest BCUT2D eigenvalue weighted by atomic mass is 10.1. The Bertz CT molecular complexity index is 1480. The Morgan fingerprint density at radius 3 is 2.57 bits per heavy atom. The van der Waals surface area contributed by atoms with Crippen LogP contribution in [0.1, 0.15) is 43.7 Å². The van der Waals surface area contributed by atoms with Gasteiger partial charge in [-0.3, -0.25) is 9.59 Å². The fraction of sp³-hybridized carbons (Fsp3) is 0.130. The summed E-state index contributed by atoms with van der Waals surface area (Å²) in [5.41, 5.74) is -0.930.